The number of rotatable bonds is 4. The van der Waals surface area contributed by atoms with E-state index in [1.54, 1.807) is 0 Å². The Labute approximate surface area is 139 Å². The number of nitro groups is 2. The van der Waals surface area contributed by atoms with Crippen LogP contribution in [0.4, 0.5) is 15.8 Å². The maximum absolute atomic E-state index is 14.1. The number of halogens is 1. The molecule has 0 aliphatic rings. The quantitative estimate of drug-likeness (QED) is 0.534. The zero-order valence-corrected chi connectivity index (χ0v) is 12.6. The molecule has 0 unspecified atom stereocenters. The van der Waals surface area contributed by atoms with Crippen molar-refractivity contribution in [1.82, 2.24) is 4.57 Å². The number of nitrogens with zero attached hydrogens (tertiary/aromatic N) is 3. The number of hydrogen-bond acceptors (Lipinski definition) is 5. The van der Waals surface area contributed by atoms with Gasteiger partial charge in [-0.2, -0.15) is 0 Å². The number of benzene rings is 2. The first-order chi connectivity index (χ1) is 11.9. The van der Waals surface area contributed by atoms with Gasteiger partial charge in [0.2, 0.25) is 0 Å². The van der Waals surface area contributed by atoms with Crippen LogP contribution in [0.25, 0.3) is 10.9 Å². The van der Waals surface area contributed by atoms with Crippen molar-refractivity contribution < 1.29 is 14.2 Å². The summed E-state index contributed by atoms with van der Waals surface area (Å²) in [4.78, 5) is 32.9. The molecule has 25 heavy (non-hydrogen) atoms. The molecule has 8 nitrogen and oxygen atoms in total. The number of fused-ring (bicyclic) bond motifs is 1. The van der Waals surface area contributed by atoms with Gasteiger partial charge in [0, 0.05) is 29.7 Å². The maximum atomic E-state index is 14.1. The first-order valence-electron chi connectivity index (χ1n) is 7.08. The van der Waals surface area contributed by atoms with Crippen LogP contribution in [0.3, 0.4) is 0 Å². The molecule has 0 bridgehead atoms. The lowest BCUT2D eigenvalue weighted by molar-refractivity contribution is -0.385. The molecule has 0 spiro atoms. The number of pyridine rings is 1. The van der Waals surface area contributed by atoms with Crippen molar-refractivity contribution in [2.75, 3.05) is 0 Å². The van der Waals surface area contributed by atoms with Crippen LogP contribution < -0.4 is 5.56 Å². The van der Waals surface area contributed by atoms with Gasteiger partial charge in [0.15, 0.2) is 0 Å². The largest absolute Gasteiger partial charge is 0.303 e. The summed E-state index contributed by atoms with van der Waals surface area (Å²) in [5.74, 6) is -0.806. The molecule has 0 saturated heterocycles. The molecule has 0 N–H and O–H groups in total. The van der Waals surface area contributed by atoms with Crippen molar-refractivity contribution in [3.63, 3.8) is 0 Å². The molecule has 0 saturated carbocycles. The molecule has 0 fully saturated rings. The fourth-order valence-corrected chi connectivity index (χ4v) is 2.60. The molecule has 0 radical (unpaired) electrons. The lowest BCUT2D eigenvalue weighted by atomic mass is 10.1. The molecule has 0 aliphatic carbocycles. The fraction of sp³-hybridized carbons (Fsp3) is 0.0625. The Hall–Kier alpha value is -3.62. The van der Waals surface area contributed by atoms with Crippen LogP contribution in [0.15, 0.2) is 53.3 Å². The van der Waals surface area contributed by atoms with E-state index in [4.69, 9.17) is 0 Å². The van der Waals surface area contributed by atoms with Crippen LogP contribution in [0.2, 0.25) is 0 Å². The van der Waals surface area contributed by atoms with E-state index in [0.29, 0.717) is 10.9 Å². The van der Waals surface area contributed by atoms with Crippen LogP contribution in [0, 0.1) is 26.0 Å². The van der Waals surface area contributed by atoms with Gasteiger partial charge in [-0.05, 0) is 18.2 Å². The van der Waals surface area contributed by atoms with E-state index < -0.39 is 26.9 Å². The number of hydrogen-bond donors (Lipinski definition) is 0. The van der Waals surface area contributed by atoms with Gasteiger partial charge in [-0.3, -0.25) is 25.0 Å². The zero-order chi connectivity index (χ0) is 18.1. The number of non-ortho nitro benzene ring substituents is 1. The second-order valence-corrected chi connectivity index (χ2v) is 5.25. The molecule has 9 heteroatoms. The van der Waals surface area contributed by atoms with Gasteiger partial charge in [0.25, 0.3) is 16.9 Å². The summed E-state index contributed by atoms with van der Waals surface area (Å²) in [5.41, 5.74) is -1.02. The fourth-order valence-electron chi connectivity index (χ4n) is 2.60. The summed E-state index contributed by atoms with van der Waals surface area (Å²) in [6.45, 7) is -0.364. The molecule has 0 aliphatic heterocycles. The second-order valence-electron chi connectivity index (χ2n) is 5.25. The molecule has 1 aromatic heterocycles. The van der Waals surface area contributed by atoms with Crippen molar-refractivity contribution >= 4 is 22.3 Å². The minimum atomic E-state index is -0.806. The van der Waals surface area contributed by atoms with Crippen LogP contribution in [-0.4, -0.2) is 14.4 Å². The molecule has 126 valence electrons. The molecular weight excluding hydrogens is 333 g/mol. The SMILES string of the molecule is O=c1ccc2cc([N+](=O)[O-])ccc2n1Cc1c(F)cccc1[N+](=O)[O-]. The van der Waals surface area contributed by atoms with E-state index in [2.05, 4.69) is 0 Å². The van der Waals surface area contributed by atoms with Crippen molar-refractivity contribution in [2.45, 2.75) is 6.54 Å². The van der Waals surface area contributed by atoms with Crippen LogP contribution in [0.1, 0.15) is 5.56 Å². The molecule has 0 atom stereocenters. The Morgan fingerprint density at radius 1 is 1.00 bits per heavy atom. The summed E-state index contributed by atoms with van der Waals surface area (Å²) in [6.07, 6.45) is 0. The minimum absolute atomic E-state index is 0.158. The molecular formula is C16H10FN3O5. The first kappa shape index (κ1) is 16.2. The Kier molecular flexibility index (Phi) is 3.97. The highest BCUT2D eigenvalue weighted by atomic mass is 19.1. The Morgan fingerprint density at radius 3 is 2.44 bits per heavy atom. The van der Waals surface area contributed by atoms with E-state index in [1.807, 2.05) is 0 Å². The van der Waals surface area contributed by atoms with E-state index >= 15 is 0 Å². The van der Waals surface area contributed by atoms with Gasteiger partial charge >= 0.3 is 0 Å². The third-order valence-electron chi connectivity index (χ3n) is 3.79. The van der Waals surface area contributed by atoms with Crippen LogP contribution in [-0.2, 0) is 6.54 Å². The Morgan fingerprint density at radius 2 is 1.76 bits per heavy atom. The molecule has 3 rings (SSSR count). The zero-order valence-electron chi connectivity index (χ0n) is 12.6. The van der Waals surface area contributed by atoms with E-state index in [9.17, 15) is 29.4 Å². The summed E-state index contributed by atoms with van der Waals surface area (Å²) in [7, 11) is 0. The van der Waals surface area contributed by atoms with Gasteiger partial charge in [-0.15, -0.1) is 0 Å². The maximum Gasteiger partial charge on any atom is 0.277 e. The predicted molar refractivity (Wildman–Crippen MR) is 87.0 cm³/mol. The highest BCUT2D eigenvalue weighted by Crippen LogP contribution is 2.24. The van der Waals surface area contributed by atoms with Gasteiger partial charge in [-0.1, -0.05) is 6.07 Å². The summed E-state index contributed by atoms with van der Waals surface area (Å²) in [5, 5.41) is 22.4. The second kappa shape index (κ2) is 6.11. The number of aromatic nitrogens is 1. The molecule has 2 aromatic carbocycles. The Balaban J connectivity index is 2.20. The highest BCUT2D eigenvalue weighted by Gasteiger charge is 2.19. The monoisotopic (exact) mass is 343 g/mol. The van der Waals surface area contributed by atoms with Gasteiger partial charge < -0.3 is 4.57 Å². The normalized spacial score (nSPS) is 10.8. The van der Waals surface area contributed by atoms with Gasteiger partial charge in [0.1, 0.15) is 5.82 Å². The molecule has 0 amide bonds. The van der Waals surface area contributed by atoms with Crippen molar-refractivity contribution in [1.29, 1.82) is 0 Å². The third-order valence-corrected chi connectivity index (χ3v) is 3.79. The minimum Gasteiger partial charge on any atom is -0.303 e. The van der Waals surface area contributed by atoms with Gasteiger partial charge in [0.05, 0.1) is 27.5 Å². The summed E-state index contributed by atoms with van der Waals surface area (Å²) >= 11 is 0. The predicted octanol–water partition coefficient (Wildman–Crippen LogP) is 3.01. The summed E-state index contributed by atoms with van der Waals surface area (Å²) in [6, 6.07) is 9.89. The van der Waals surface area contributed by atoms with E-state index in [0.717, 1.165) is 16.7 Å². The Bertz CT molecular complexity index is 1080. The lowest BCUT2D eigenvalue weighted by Crippen LogP contribution is -2.21. The third kappa shape index (κ3) is 2.94. The van der Waals surface area contributed by atoms with Crippen molar-refractivity contribution in [2.24, 2.45) is 0 Å². The highest BCUT2D eigenvalue weighted by molar-refractivity contribution is 5.81. The number of nitro benzene ring substituents is 2. The topological polar surface area (TPSA) is 108 Å². The van der Waals surface area contributed by atoms with Crippen molar-refractivity contribution in [3.05, 3.63) is 90.5 Å². The first-order valence-corrected chi connectivity index (χ1v) is 7.08. The molecule has 3 aromatic rings. The lowest BCUT2D eigenvalue weighted by Gasteiger charge is -2.11. The average Bonchev–Trinajstić information content (AvgIpc) is 2.58. The van der Waals surface area contributed by atoms with Crippen LogP contribution in [0.5, 0.6) is 0 Å². The van der Waals surface area contributed by atoms with Crippen molar-refractivity contribution in [3.8, 4) is 0 Å². The van der Waals surface area contributed by atoms with E-state index in [-0.39, 0.29) is 17.8 Å². The standard InChI is InChI=1S/C16H10FN3O5/c17-13-2-1-3-15(20(24)25)12(13)9-18-14-6-5-11(19(22)23)8-10(14)4-7-16(18)21/h1-8H,9H2. The van der Waals surface area contributed by atoms with E-state index in [1.165, 1.54) is 36.4 Å². The van der Waals surface area contributed by atoms with Crippen LogP contribution >= 0.6 is 0 Å². The molecule has 1 heterocycles. The smallest absolute Gasteiger partial charge is 0.277 e. The van der Waals surface area contributed by atoms with Gasteiger partial charge in [-0.25, -0.2) is 4.39 Å². The average molecular weight is 343 g/mol. The summed E-state index contributed by atoms with van der Waals surface area (Å²) < 4.78 is 15.2.